The highest BCUT2D eigenvalue weighted by atomic mass is 16.5. The monoisotopic (exact) mass is 357 g/mol. The summed E-state index contributed by atoms with van der Waals surface area (Å²) in [5, 5.41) is 4.69. The van der Waals surface area contributed by atoms with Gasteiger partial charge in [-0.15, -0.1) is 0 Å². The number of piperidine rings is 1. The number of aromatic nitrogens is 2. The summed E-state index contributed by atoms with van der Waals surface area (Å²) in [6.45, 7) is 5.13. The van der Waals surface area contributed by atoms with Crippen molar-refractivity contribution in [1.82, 2.24) is 15.0 Å². The highest BCUT2D eigenvalue weighted by molar-refractivity contribution is 6.06. The highest BCUT2D eigenvalue weighted by Crippen LogP contribution is 2.40. The largest absolute Gasteiger partial charge is 0.466 e. The van der Waals surface area contributed by atoms with Crippen molar-refractivity contribution in [3.63, 3.8) is 0 Å². The SMILES string of the molecule is CCOC(=O)C1CCN(C(=O)c2cc(C3CC3)nc3onc(C)c23)CC1. The fourth-order valence-electron chi connectivity index (χ4n) is 3.62. The van der Waals surface area contributed by atoms with Gasteiger partial charge in [-0.3, -0.25) is 9.59 Å². The highest BCUT2D eigenvalue weighted by Gasteiger charge is 2.32. The Labute approximate surface area is 151 Å². The normalized spacial score (nSPS) is 18.3. The van der Waals surface area contributed by atoms with Crippen molar-refractivity contribution in [3.05, 3.63) is 23.0 Å². The Hall–Kier alpha value is -2.44. The van der Waals surface area contributed by atoms with Gasteiger partial charge in [-0.05, 0) is 45.6 Å². The van der Waals surface area contributed by atoms with Crippen molar-refractivity contribution in [2.24, 2.45) is 5.92 Å². The van der Waals surface area contributed by atoms with Gasteiger partial charge in [0.15, 0.2) is 0 Å². The molecule has 2 aromatic rings. The molecule has 7 nitrogen and oxygen atoms in total. The number of amides is 1. The predicted octanol–water partition coefficient (Wildman–Crippen LogP) is 2.82. The lowest BCUT2D eigenvalue weighted by Gasteiger charge is -2.31. The second kappa shape index (κ2) is 6.70. The fourth-order valence-corrected chi connectivity index (χ4v) is 3.62. The molecule has 2 aromatic heterocycles. The number of hydrogen-bond acceptors (Lipinski definition) is 6. The van der Waals surface area contributed by atoms with E-state index in [9.17, 15) is 9.59 Å². The van der Waals surface area contributed by atoms with Crippen LogP contribution in [0.5, 0.6) is 0 Å². The summed E-state index contributed by atoms with van der Waals surface area (Å²) in [4.78, 5) is 31.4. The number of hydrogen-bond donors (Lipinski definition) is 0. The van der Waals surface area contributed by atoms with E-state index >= 15 is 0 Å². The van der Waals surface area contributed by atoms with Gasteiger partial charge in [0.1, 0.15) is 0 Å². The van der Waals surface area contributed by atoms with Crippen LogP contribution in [0.25, 0.3) is 11.1 Å². The van der Waals surface area contributed by atoms with Crippen molar-refractivity contribution in [2.45, 2.75) is 45.4 Å². The van der Waals surface area contributed by atoms with Crippen molar-refractivity contribution in [3.8, 4) is 0 Å². The molecule has 4 rings (SSSR count). The first-order valence-corrected chi connectivity index (χ1v) is 9.31. The van der Waals surface area contributed by atoms with Crippen LogP contribution >= 0.6 is 0 Å². The topological polar surface area (TPSA) is 85.5 Å². The first-order chi connectivity index (χ1) is 12.6. The number of esters is 1. The van der Waals surface area contributed by atoms with Gasteiger partial charge in [-0.25, -0.2) is 4.98 Å². The Morgan fingerprint density at radius 3 is 2.65 bits per heavy atom. The molecule has 0 bridgehead atoms. The third-order valence-corrected chi connectivity index (χ3v) is 5.27. The molecule has 2 aliphatic rings. The second-order valence-corrected chi connectivity index (χ2v) is 7.14. The molecule has 7 heteroatoms. The van der Waals surface area contributed by atoms with Gasteiger partial charge < -0.3 is 14.2 Å². The summed E-state index contributed by atoms with van der Waals surface area (Å²) in [5.74, 6) is 0.117. The molecular weight excluding hydrogens is 334 g/mol. The lowest BCUT2D eigenvalue weighted by Crippen LogP contribution is -2.40. The van der Waals surface area contributed by atoms with Gasteiger partial charge in [0.25, 0.3) is 11.6 Å². The van der Waals surface area contributed by atoms with E-state index in [1.165, 1.54) is 0 Å². The molecule has 1 saturated heterocycles. The van der Waals surface area contributed by atoms with Gasteiger partial charge in [0.2, 0.25) is 0 Å². The molecule has 1 aliphatic carbocycles. The van der Waals surface area contributed by atoms with Crippen LogP contribution < -0.4 is 0 Å². The van der Waals surface area contributed by atoms with Gasteiger partial charge >= 0.3 is 5.97 Å². The molecule has 0 N–H and O–H groups in total. The molecule has 138 valence electrons. The summed E-state index contributed by atoms with van der Waals surface area (Å²) < 4.78 is 10.4. The third kappa shape index (κ3) is 3.06. The van der Waals surface area contributed by atoms with E-state index in [2.05, 4.69) is 10.1 Å². The van der Waals surface area contributed by atoms with Crippen LogP contribution in [0.4, 0.5) is 0 Å². The Bertz CT molecular complexity index is 848. The first kappa shape index (κ1) is 17.0. The number of pyridine rings is 1. The van der Waals surface area contributed by atoms with Crippen LogP contribution in [0.15, 0.2) is 10.6 Å². The van der Waals surface area contributed by atoms with Crippen LogP contribution in [0.1, 0.15) is 60.3 Å². The standard InChI is InChI=1S/C19H23N3O4/c1-3-25-19(24)13-6-8-22(9-7-13)18(23)14-10-15(12-4-5-12)20-17-16(14)11(2)21-26-17/h10,12-13H,3-9H2,1-2H3. The number of carbonyl (C=O) groups is 2. The van der Waals surface area contributed by atoms with E-state index in [0.29, 0.717) is 60.8 Å². The Morgan fingerprint density at radius 1 is 1.27 bits per heavy atom. The number of fused-ring (bicyclic) bond motifs is 1. The fraction of sp³-hybridized carbons (Fsp3) is 0.579. The van der Waals surface area contributed by atoms with Gasteiger partial charge in [0, 0.05) is 24.7 Å². The molecule has 26 heavy (non-hydrogen) atoms. The van der Waals surface area contributed by atoms with Crippen LogP contribution in [0.2, 0.25) is 0 Å². The van der Waals surface area contributed by atoms with Gasteiger partial charge in [0.05, 0.1) is 29.2 Å². The minimum Gasteiger partial charge on any atom is -0.466 e. The zero-order valence-electron chi connectivity index (χ0n) is 15.2. The number of carbonyl (C=O) groups excluding carboxylic acids is 2. The smallest absolute Gasteiger partial charge is 0.309 e. The van der Waals surface area contributed by atoms with Crippen LogP contribution in [-0.2, 0) is 9.53 Å². The van der Waals surface area contributed by atoms with E-state index in [4.69, 9.17) is 9.26 Å². The summed E-state index contributed by atoms with van der Waals surface area (Å²) in [5.41, 5.74) is 2.65. The maximum atomic E-state index is 13.2. The third-order valence-electron chi connectivity index (χ3n) is 5.27. The van der Waals surface area contributed by atoms with E-state index in [0.717, 1.165) is 18.5 Å². The maximum Gasteiger partial charge on any atom is 0.309 e. The second-order valence-electron chi connectivity index (χ2n) is 7.14. The van der Waals surface area contributed by atoms with Crippen molar-refractivity contribution >= 4 is 23.0 Å². The number of aryl methyl sites for hydroxylation is 1. The summed E-state index contributed by atoms with van der Waals surface area (Å²) in [7, 11) is 0. The molecule has 1 amide bonds. The van der Waals surface area contributed by atoms with Crippen LogP contribution in [-0.4, -0.2) is 46.6 Å². The molecular formula is C19H23N3O4. The average molecular weight is 357 g/mol. The molecule has 0 unspecified atom stereocenters. The molecule has 2 fully saturated rings. The zero-order valence-corrected chi connectivity index (χ0v) is 15.2. The predicted molar refractivity (Wildman–Crippen MR) is 93.8 cm³/mol. The summed E-state index contributed by atoms with van der Waals surface area (Å²) in [6, 6.07) is 1.91. The number of likely N-dealkylation sites (tertiary alicyclic amines) is 1. The van der Waals surface area contributed by atoms with Crippen LogP contribution in [0.3, 0.4) is 0 Å². The Balaban J connectivity index is 1.57. The van der Waals surface area contributed by atoms with Crippen LogP contribution in [0, 0.1) is 12.8 Å². The minimum atomic E-state index is -0.156. The first-order valence-electron chi connectivity index (χ1n) is 9.31. The van der Waals surface area contributed by atoms with Gasteiger partial charge in [-0.1, -0.05) is 5.16 Å². The summed E-state index contributed by atoms with van der Waals surface area (Å²) >= 11 is 0. The maximum absolute atomic E-state index is 13.2. The van der Waals surface area contributed by atoms with Crippen molar-refractivity contribution in [2.75, 3.05) is 19.7 Å². The number of ether oxygens (including phenoxy) is 1. The lowest BCUT2D eigenvalue weighted by molar-refractivity contribution is -0.149. The number of nitrogens with zero attached hydrogens (tertiary/aromatic N) is 3. The average Bonchev–Trinajstić information content (AvgIpc) is 3.44. The Morgan fingerprint density at radius 2 is 2.00 bits per heavy atom. The Kier molecular flexibility index (Phi) is 4.38. The van der Waals surface area contributed by atoms with E-state index in [1.54, 1.807) is 0 Å². The molecule has 3 heterocycles. The van der Waals surface area contributed by atoms with Crippen molar-refractivity contribution < 1.29 is 18.8 Å². The molecule has 0 aromatic carbocycles. The summed E-state index contributed by atoms with van der Waals surface area (Å²) in [6.07, 6.45) is 3.47. The van der Waals surface area contributed by atoms with E-state index < -0.39 is 0 Å². The van der Waals surface area contributed by atoms with E-state index in [1.807, 2.05) is 24.8 Å². The molecule has 0 radical (unpaired) electrons. The molecule has 0 atom stereocenters. The minimum absolute atomic E-state index is 0.0343. The van der Waals surface area contributed by atoms with Gasteiger partial charge in [-0.2, -0.15) is 0 Å². The lowest BCUT2D eigenvalue weighted by atomic mass is 9.96. The molecule has 1 saturated carbocycles. The van der Waals surface area contributed by atoms with Crippen molar-refractivity contribution in [1.29, 1.82) is 0 Å². The quantitative estimate of drug-likeness (QED) is 0.782. The van der Waals surface area contributed by atoms with E-state index in [-0.39, 0.29) is 17.8 Å². The molecule has 0 spiro atoms. The number of rotatable bonds is 4. The zero-order chi connectivity index (χ0) is 18.3. The molecule has 1 aliphatic heterocycles.